The fourth-order valence-corrected chi connectivity index (χ4v) is 8.08. The summed E-state index contributed by atoms with van der Waals surface area (Å²) in [7, 11) is -4.15. The van der Waals surface area contributed by atoms with E-state index < -0.39 is 39.9 Å². The van der Waals surface area contributed by atoms with E-state index in [4.69, 9.17) is 14.2 Å². The van der Waals surface area contributed by atoms with Crippen molar-refractivity contribution in [2.75, 3.05) is 26.3 Å². The molecule has 2 fully saturated rings. The molecule has 2 aromatic carbocycles. The number of hydrogen-bond acceptors (Lipinski definition) is 9. The number of nitrogens with zero attached hydrogens (tertiary/aromatic N) is 2. The Morgan fingerprint density at radius 1 is 1.15 bits per heavy atom. The van der Waals surface area contributed by atoms with E-state index in [1.54, 1.807) is 13.0 Å². The average molecular weight is 685 g/mol. The van der Waals surface area contributed by atoms with Crippen molar-refractivity contribution >= 4 is 32.7 Å². The molecule has 12 nitrogen and oxygen atoms in total. The van der Waals surface area contributed by atoms with Crippen molar-refractivity contribution in [3.63, 3.8) is 0 Å². The predicted octanol–water partition coefficient (Wildman–Crippen LogP) is 4.59. The molecule has 4 N–H and O–H groups in total. The van der Waals surface area contributed by atoms with Crippen LogP contribution in [0, 0.1) is 11.8 Å². The van der Waals surface area contributed by atoms with E-state index in [0.717, 1.165) is 12.0 Å². The van der Waals surface area contributed by atoms with Crippen LogP contribution >= 0.6 is 0 Å². The number of carbonyl (C=O) groups excluding carboxylic acids is 1. The number of sulfonamides is 1. The van der Waals surface area contributed by atoms with Gasteiger partial charge in [0, 0.05) is 29.7 Å². The largest absolute Gasteiger partial charge is 0.494 e. The highest BCUT2D eigenvalue weighted by Crippen LogP contribution is 2.34. The molecular weight excluding hydrogens is 636 g/mol. The third kappa shape index (κ3) is 8.38. The minimum absolute atomic E-state index is 0.00760. The minimum Gasteiger partial charge on any atom is -0.494 e. The average Bonchev–Trinajstić information content (AvgIpc) is 3.70. The molecule has 1 amide bonds. The van der Waals surface area contributed by atoms with Crippen LogP contribution in [0.25, 0.3) is 10.9 Å². The molecule has 2 saturated heterocycles. The van der Waals surface area contributed by atoms with E-state index in [-0.39, 0.29) is 55.0 Å². The Morgan fingerprint density at radius 3 is 2.56 bits per heavy atom. The third-order valence-corrected chi connectivity index (χ3v) is 10.3. The zero-order valence-corrected chi connectivity index (χ0v) is 29.3. The van der Waals surface area contributed by atoms with Gasteiger partial charge in [-0.15, -0.1) is 0 Å². The molecule has 0 bridgehead atoms. The van der Waals surface area contributed by atoms with Crippen LogP contribution in [-0.2, 0) is 30.7 Å². The van der Waals surface area contributed by atoms with E-state index >= 15 is 0 Å². The second kappa shape index (κ2) is 14.6. The lowest BCUT2D eigenvalue weighted by Gasteiger charge is -2.31. The number of aliphatic imine (C=N–C) groups is 1. The molecule has 5 rings (SSSR count). The van der Waals surface area contributed by atoms with E-state index in [9.17, 15) is 23.4 Å². The van der Waals surface area contributed by atoms with Gasteiger partial charge in [-0.1, -0.05) is 44.2 Å². The lowest BCUT2D eigenvalue weighted by Crippen LogP contribution is -2.51. The zero-order valence-electron chi connectivity index (χ0n) is 28.5. The molecule has 0 aliphatic carbocycles. The van der Waals surface area contributed by atoms with Crippen LogP contribution in [-0.4, -0.2) is 96.1 Å². The molecule has 0 saturated carbocycles. The highest BCUT2D eigenvalue weighted by Gasteiger charge is 2.44. The van der Waals surface area contributed by atoms with Crippen molar-refractivity contribution in [2.24, 2.45) is 16.8 Å². The number of nitrogens with one attached hydrogen (secondary N) is 2. The molecule has 48 heavy (non-hydrogen) atoms. The summed E-state index contributed by atoms with van der Waals surface area (Å²) in [6, 6.07) is 13.1. The van der Waals surface area contributed by atoms with Gasteiger partial charge >= 0.3 is 6.09 Å². The third-order valence-electron chi connectivity index (χ3n) is 8.52. The van der Waals surface area contributed by atoms with Crippen molar-refractivity contribution in [3.8, 4) is 5.88 Å². The maximum atomic E-state index is 14.3. The second-order valence-electron chi connectivity index (χ2n) is 14.1. The highest BCUT2D eigenvalue weighted by molar-refractivity contribution is 7.89. The fourth-order valence-electron chi connectivity index (χ4n) is 6.43. The van der Waals surface area contributed by atoms with Crippen molar-refractivity contribution in [1.82, 2.24) is 14.6 Å². The smallest absolute Gasteiger partial charge is 0.407 e. The Kier molecular flexibility index (Phi) is 10.9. The van der Waals surface area contributed by atoms with Gasteiger partial charge in [-0.2, -0.15) is 4.31 Å². The number of benzene rings is 2. The number of ether oxygens (including phenoxy) is 3. The number of amides is 1. The highest BCUT2D eigenvalue weighted by atomic mass is 32.2. The number of carbonyl (C=O) groups is 1. The summed E-state index contributed by atoms with van der Waals surface area (Å²) < 4.78 is 46.7. The second-order valence-corrected chi connectivity index (χ2v) is 16.1. The van der Waals surface area contributed by atoms with E-state index in [2.05, 4.69) is 15.3 Å². The van der Waals surface area contributed by atoms with E-state index in [1.807, 2.05) is 65.0 Å². The summed E-state index contributed by atoms with van der Waals surface area (Å²) in [5.41, 5.74) is 2.00. The minimum atomic E-state index is -4.15. The number of aromatic amines is 1. The van der Waals surface area contributed by atoms with Crippen LogP contribution in [0.15, 0.2) is 58.4 Å². The summed E-state index contributed by atoms with van der Waals surface area (Å²) >= 11 is 0. The molecule has 2 unspecified atom stereocenters. The Balaban J connectivity index is 1.41. The predicted molar refractivity (Wildman–Crippen MR) is 183 cm³/mol. The van der Waals surface area contributed by atoms with Crippen LogP contribution in [0.2, 0.25) is 0 Å². The van der Waals surface area contributed by atoms with Crippen molar-refractivity contribution in [2.45, 2.75) is 89.4 Å². The van der Waals surface area contributed by atoms with Crippen LogP contribution in [0.1, 0.15) is 59.1 Å². The quantitative estimate of drug-likeness (QED) is 0.202. The first-order chi connectivity index (χ1) is 22.6. The van der Waals surface area contributed by atoms with Gasteiger partial charge in [0.05, 0.1) is 47.3 Å². The maximum Gasteiger partial charge on any atom is 0.407 e. The lowest BCUT2D eigenvalue weighted by molar-refractivity contribution is -0.0907. The van der Waals surface area contributed by atoms with E-state index in [0.29, 0.717) is 28.8 Å². The van der Waals surface area contributed by atoms with Gasteiger partial charge in [0.15, 0.2) is 12.2 Å². The van der Waals surface area contributed by atoms with Crippen LogP contribution in [0.4, 0.5) is 4.79 Å². The monoisotopic (exact) mass is 684 g/mol. The number of aliphatic hydroxyl groups excluding tert-OH is 1. The van der Waals surface area contributed by atoms with Gasteiger partial charge in [0.2, 0.25) is 10.0 Å². The van der Waals surface area contributed by atoms with Gasteiger partial charge in [-0.25, -0.2) is 13.2 Å². The molecule has 0 spiro atoms. The summed E-state index contributed by atoms with van der Waals surface area (Å²) in [4.78, 5) is 20.8. The van der Waals surface area contributed by atoms with Crippen molar-refractivity contribution in [1.29, 1.82) is 0 Å². The van der Waals surface area contributed by atoms with Gasteiger partial charge in [-0.05, 0) is 70.2 Å². The topological polar surface area (TPSA) is 163 Å². The normalized spacial score (nSPS) is 21.5. The fraction of sp³-hybridized carbons (Fsp3) is 0.543. The molecule has 3 heterocycles. The Morgan fingerprint density at radius 2 is 1.88 bits per heavy atom. The number of fused-ring (bicyclic) bond motifs is 2. The number of alkyl carbamates (subject to hydrolysis) is 1. The summed E-state index contributed by atoms with van der Waals surface area (Å²) in [5, 5.41) is 25.7. The summed E-state index contributed by atoms with van der Waals surface area (Å²) in [6.45, 7) is 12.0. The molecule has 3 aromatic rings. The standard InChI is InChI=1S/C35H48N4O8S/c1-21(2)18-39(48(43,44)24-12-13-27-26(17-24)31(32(41)36-27)22(3)38-35(4,5)6)19-29(40)28(16-23-10-8-7-9-11-23)37-34(42)47-30-20-46-33-25(30)14-15-45-33/h7-13,17,21,25,28-30,33,36,40-41H,14-16,18-20H2,1-6H3,(H,37,42)/t25?,28-,29+,30-,33?/m0/s1. The Labute approximate surface area is 282 Å². The molecule has 0 radical (unpaired) electrons. The van der Waals surface area contributed by atoms with Gasteiger partial charge < -0.3 is 34.7 Å². The Bertz CT molecular complexity index is 1720. The first-order valence-corrected chi connectivity index (χ1v) is 17.9. The lowest BCUT2D eigenvalue weighted by atomic mass is 10.0. The first-order valence-electron chi connectivity index (χ1n) is 16.5. The Hall–Kier alpha value is -3.49. The number of hydrogen-bond donors (Lipinski definition) is 4. The first kappa shape index (κ1) is 35.8. The number of aromatic hydroxyl groups is 1. The number of aliphatic hydroxyl groups is 1. The molecular formula is C35H48N4O8S. The summed E-state index contributed by atoms with van der Waals surface area (Å²) in [5.74, 6) is -0.220. The van der Waals surface area contributed by atoms with E-state index in [1.165, 1.54) is 16.4 Å². The SMILES string of the molecule is CC(=NC(C)(C)C)c1c(O)[nH]c2ccc(S(=O)(=O)N(CC(C)C)C[C@@H](O)[C@H](Cc3ccccc3)NC(=O)O[C@H]3COC4OCCC43)cc12. The van der Waals surface area contributed by atoms with Crippen LogP contribution in [0.3, 0.4) is 0 Å². The molecule has 262 valence electrons. The number of rotatable bonds is 12. The molecule has 2 aliphatic rings. The molecule has 13 heteroatoms. The van der Waals surface area contributed by atoms with Gasteiger partial charge in [-0.3, -0.25) is 4.99 Å². The van der Waals surface area contributed by atoms with Gasteiger partial charge in [0.25, 0.3) is 0 Å². The molecule has 5 atom stereocenters. The van der Waals surface area contributed by atoms with Gasteiger partial charge in [0.1, 0.15) is 6.10 Å². The summed E-state index contributed by atoms with van der Waals surface area (Å²) in [6.07, 6.45) is -1.90. The number of aromatic nitrogens is 1. The molecule has 1 aromatic heterocycles. The van der Waals surface area contributed by atoms with Crippen LogP contribution < -0.4 is 5.32 Å². The maximum absolute atomic E-state index is 14.3. The van der Waals surface area contributed by atoms with Crippen molar-refractivity contribution in [3.05, 3.63) is 59.7 Å². The van der Waals surface area contributed by atoms with Crippen molar-refractivity contribution < 1.29 is 37.6 Å². The van der Waals surface area contributed by atoms with Crippen LogP contribution in [0.5, 0.6) is 5.88 Å². The number of H-pyrrole nitrogens is 1. The molecule has 2 aliphatic heterocycles. The zero-order chi connectivity index (χ0) is 34.8.